The van der Waals surface area contributed by atoms with Crippen molar-refractivity contribution in [3.63, 3.8) is 0 Å². The van der Waals surface area contributed by atoms with Crippen LogP contribution < -0.4 is 11.0 Å². The summed E-state index contributed by atoms with van der Waals surface area (Å²) in [6.07, 6.45) is -2.22. The molecule has 1 aromatic heterocycles. The molecule has 1 aromatic carbocycles. The molecule has 2 aromatic rings. The first-order valence-electron chi connectivity index (χ1n) is 11.7. The highest BCUT2D eigenvalue weighted by Crippen LogP contribution is 2.36. The Balaban J connectivity index is 1.44. The quantitative estimate of drug-likeness (QED) is 0.349. The van der Waals surface area contributed by atoms with E-state index in [1.807, 2.05) is 0 Å². The summed E-state index contributed by atoms with van der Waals surface area (Å²) in [7, 11) is 1.31. The first kappa shape index (κ1) is 26.8. The molecule has 2 atom stereocenters. The number of hydrogen-bond acceptors (Lipinski definition) is 11. The lowest BCUT2D eigenvalue weighted by atomic mass is 9.96. The number of aliphatic hydroxyl groups excluding tert-OH is 2. The number of nitrogens with one attached hydrogen (secondary N) is 2. The van der Waals surface area contributed by atoms with Gasteiger partial charge in [0, 0.05) is 24.6 Å². The second-order valence-corrected chi connectivity index (χ2v) is 9.10. The number of nitriles is 1. The van der Waals surface area contributed by atoms with Gasteiger partial charge in [0.2, 0.25) is 0 Å². The van der Waals surface area contributed by atoms with E-state index < -0.39 is 53.7 Å². The molecule has 12 nitrogen and oxygen atoms in total. The minimum atomic E-state index is -2.65. The van der Waals surface area contributed by atoms with Gasteiger partial charge < -0.3 is 24.4 Å². The third-order valence-corrected chi connectivity index (χ3v) is 6.82. The maximum atomic E-state index is 14.6. The SMILES string of the molecule is COC1=C(n2cc(-c3ccc(C#N)c(F)c3F)nn2)C(O)=C(CO)O[C@@H]1C[C@H]1CN(C2(C(F)F)COC2)NN1. The van der Waals surface area contributed by atoms with Gasteiger partial charge in [-0.05, 0) is 12.1 Å². The number of aliphatic hydroxyl groups is 2. The Bertz CT molecular complexity index is 1370. The second-order valence-electron chi connectivity index (χ2n) is 9.10. The van der Waals surface area contributed by atoms with Crippen LogP contribution in [0.25, 0.3) is 17.0 Å². The largest absolute Gasteiger partial charge is 0.503 e. The van der Waals surface area contributed by atoms with Crippen molar-refractivity contribution in [1.82, 2.24) is 31.0 Å². The monoisotopic (exact) mass is 553 g/mol. The summed E-state index contributed by atoms with van der Waals surface area (Å²) >= 11 is 0. The molecule has 39 heavy (non-hydrogen) atoms. The third kappa shape index (κ3) is 4.47. The van der Waals surface area contributed by atoms with Crippen LogP contribution in [0.2, 0.25) is 0 Å². The van der Waals surface area contributed by atoms with Gasteiger partial charge in [0.1, 0.15) is 23.9 Å². The highest BCUT2D eigenvalue weighted by molar-refractivity contribution is 5.68. The van der Waals surface area contributed by atoms with Crippen molar-refractivity contribution in [3.05, 3.63) is 52.8 Å². The number of ether oxygens (including phenoxy) is 3. The first-order chi connectivity index (χ1) is 18.7. The molecule has 0 unspecified atom stereocenters. The predicted molar refractivity (Wildman–Crippen MR) is 123 cm³/mol. The summed E-state index contributed by atoms with van der Waals surface area (Å²) in [4.78, 5) is 0. The Kier molecular flexibility index (Phi) is 7.18. The molecule has 0 bridgehead atoms. The molecule has 2 fully saturated rings. The summed E-state index contributed by atoms with van der Waals surface area (Å²) in [5.41, 5.74) is 3.27. The van der Waals surface area contributed by atoms with Crippen LogP contribution in [-0.4, -0.2) is 87.8 Å². The predicted octanol–water partition coefficient (Wildman–Crippen LogP) is 1.19. The second kappa shape index (κ2) is 10.4. The summed E-state index contributed by atoms with van der Waals surface area (Å²) in [5, 5.41) is 38.7. The van der Waals surface area contributed by atoms with E-state index in [0.29, 0.717) is 0 Å². The number of hydrazine groups is 2. The van der Waals surface area contributed by atoms with E-state index in [1.54, 1.807) is 6.07 Å². The minimum Gasteiger partial charge on any atom is -0.503 e. The zero-order valence-corrected chi connectivity index (χ0v) is 20.4. The van der Waals surface area contributed by atoms with E-state index in [4.69, 9.17) is 19.5 Å². The van der Waals surface area contributed by atoms with Crippen LogP contribution in [0.3, 0.4) is 0 Å². The minimum absolute atomic E-state index is 0.0587. The van der Waals surface area contributed by atoms with Crippen LogP contribution in [0.5, 0.6) is 0 Å². The van der Waals surface area contributed by atoms with E-state index in [2.05, 4.69) is 21.3 Å². The molecule has 4 heterocycles. The van der Waals surface area contributed by atoms with Crippen molar-refractivity contribution in [2.45, 2.75) is 30.5 Å². The highest BCUT2D eigenvalue weighted by atomic mass is 19.3. The van der Waals surface area contributed by atoms with Crippen molar-refractivity contribution in [3.8, 4) is 17.3 Å². The molecule has 0 spiro atoms. The molecule has 0 radical (unpaired) electrons. The normalized spacial score (nSPS) is 23.1. The van der Waals surface area contributed by atoms with Gasteiger partial charge in [0.05, 0.1) is 32.1 Å². The number of halogens is 4. The Labute approximate surface area is 218 Å². The standard InChI is InChI=1S/C23H23F4N7O5/c1-37-21-15(4-12-6-34(32-29-12)23(22(26)27)9-38-10-23)39-16(8-35)20(36)19(21)33-7-14(30-31-33)13-3-2-11(5-28)17(24)18(13)25/h2-3,7,12,15,22,29,32,35-36H,4,6,8-10H2,1H3/t12-,15+/m0/s1. The summed E-state index contributed by atoms with van der Waals surface area (Å²) in [5.74, 6) is -3.33. The maximum absolute atomic E-state index is 14.6. The molecule has 4 N–H and O–H groups in total. The lowest BCUT2D eigenvalue weighted by Crippen LogP contribution is -2.69. The van der Waals surface area contributed by atoms with Crippen molar-refractivity contribution < 1.29 is 42.0 Å². The van der Waals surface area contributed by atoms with Crippen LogP contribution in [0.15, 0.2) is 35.6 Å². The van der Waals surface area contributed by atoms with Crippen molar-refractivity contribution >= 4 is 5.70 Å². The number of benzene rings is 1. The van der Waals surface area contributed by atoms with Gasteiger partial charge >= 0.3 is 0 Å². The van der Waals surface area contributed by atoms with Crippen LogP contribution in [0.1, 0.15) is 12.0 Å². The van der Waals surface area contributed by atoms with E-state index >= 15 is 0 Å². The molecule has 16 heteroatoms. The number of aromatic nitrogens is 3. The number of rotatable bonds is 8. The Hall–Kier alpha value is -3.75. The van der Waals surface area contributed by atoms with Crippen LogP contribution >= 0.6 is 0 Å². The average Bonchev–Trinajstić information content (AvgIpc) is 3.55. The summed E-state index contributed by atoms with van der Waals surface area (Å²) < 4.78 is 73.5. The number of nitrogens with zero attached hydrogens (tertiary/aromatic N) is 5. The van der Waals surface area contributed by atoms with Gasteiger partial charge in [-0.3, -0.25) is 0 Å². The average molecular weight is 553 g/mol. The Morgan fingerprint density at radius 2 is 2.08 bits per heavy atom. The van der Waals surface area contributed by atoms with Gasteiger partial charge in [-0.2, -0.15) is 10.8 Å². The fraction of sp³-hybridized carbons (Fsp3) is 0.435. The molecule has 3 aliphatic rings. The molecule has 0 saturated carbocycles. The first-order valence-corrected chi connectivity index (χ1v) is 11.7. The van der Waals surface area contributed by atoms with Gasteiger partial charge in [-0.15, -0.1) is 5.10 Å². The van der Waals surface area contributed by atoms with E-state index in [9.17, 15) is 27.8 Å². The zero-order valence-electron chi connectivity index (χ0n) is 20.4. The lowest BCUT2D eigenvalue weighted by Gasteiger charge is -2.46. The van der Waals surface area contributed by atoms with Crippen LogP contribution in [0.4, 0.5) is 17.6 Å². The van der Waals surface area contributed by atoms with Crippen LogP contribution in [-0.2, 0) is 14.2 Å². The van der Waals surface area contributed by atoms with Gasteiger partial charge in [-0.1, -0.05) is 5.21 Å². The summed E-state index contributed by atoms with van der Waals surface area (Å²) in [6.45, 7) is -0.818. The van der Waals surface area contributed by atoms with Crippen molar-refractivity contribution in [2.24, 2.45) is 0 Å². The smallest absolute Gasteiger partial charge is 0.262 e. The fourth-order valence-electron chi connectivity index (χ4n) is 4.61. The lowest BCUT2D eigenvalue weighted by molar-refractivity contribution is -0.211. The number of hydrogen-bond donors (Lipinski definition) is 4. The van der Waals surface area contributed by atoms with E-state index in [0.717, 1.165) is 10.7 Å². The van der Waals surface area contributed by atoms with Gasteiger partial charge in [-0.25, -0.2) is 32.7 Å². The van der Waals surface area contributed by atoms with Crippen molar-refractivity contribution in [2.75, 3.05) is 33.5 Å². The Morgan fingerprint density at radius 1 is 1.31 bits per heavy atom. The van der Waals surface area contributed by atoms with E-state index in [-0.39, 0.29) is 54.7 Å². The van der Waals surface area contributed by atoms with Gasteiger partial charge in [0.15, 0.2) is 40.7 Å². The number of methoxy groups -OCH3 is 1. The molecule has 0 amide bonds. The molecular formula is C23H23F4N7O5. The molecular weight excluding hydrogens is 530 g/mol. The number of alkyl halides is 2. The molecule has 2 saturated heterocycles. The molecule has 3 aliphatic heterocycles. The molecule has 208 valence electrons. The highest BCUT2D eigenvalue weighted by Gasteiger charge is 2.54. The fourth-order valence-corrected chi connectivity index (χ4v) is 4.61. The Morgan fingerprint density at radius 3 is 2.69 bits per heavy atom. The van der Waals surface area contributed by atoms with Gasteiger partial charge in [0.25, 0.3) is 6.43 Å². The maximum Gasteiger partial charge on any atom is 0.262 e. The molecule has 0 aliphatic carbocycles. The van der Waals surface area contributed by atoms with Crippen LogP contribution in [0, 0.1) is 23.0 Å². The van der Waals surface area contributed by atoms with Crippen molar-refractivity contribution in [1.29, 1.82) is 5.26 Å². The number of allylic oxidation sites excluding steroid dienone is 1. The third-order valence-electron chi connectivity index (χ3n) is 6.82. The summed E-state index contributed by atoms with van der Waals surface area (Å²) in [6, 6.07) is 3.38. The zero-order chi connectivity index (χ0) is 27.9. The van der Waals surface area contributed by atoms with E-state index in [1.165, 1.54) is 24.4 Å². The topological polar surface area (TPSA) is 150 Å². The molecule has 5 rings (SSSR count).